The summed E-state index contributed by atoms with van der Waals surface area (Å²) in [5.74, 6) is -0.456. The summed E-state index contributed by atoms with van der Waals surface area (Å²) in [5, 5.41) is 1.10. The maximum absolute atomic E-state index is 13.1. The van der Waals surface area contributed by atoms with Gasteiger partial charge in [0.15, 0.2) is 0 Å². The number of carbonyl (C=O) groups excluding carboxylic acids is 2. The largest absolute Gasteiger partial charge is 0.370 e. The van der Waals surface area contributed by atoms with E-state index in [-0.39, 0.29) is 12.3 Å². The van der Waals surface area contributed by atoms with E-state index in [4.69, 9.17) is 5.73 Å². The second kappa shape index (κ2) is 7.49. The topological polar surface area (TPSA) is 63.4 Å². The van der Waals surface area contributed by atoms with Crippen LogP contribution < -0.4 is 5.73 Å². The fourth-order valence-electron chi connectivity index (χ4n) is 2.82. The number of thiophene rings is 1. The number of amides is 2. The van der Waals surface area contributed by atoms with Crippen molar-refractivity contribution in [2.45, 2.75) is 19.9 Å². The predicted octanol–water partition coefficient (Wildman–Crippen LogP) is 3.73. The Balaban J connectivity index is 1.91. The average Bonchev–Trinajstić information content (AvgIpc) is 2.96. The number of primary amides is 1. The fourth-order valence-corrected chi connectivity index (χ4v) is 4.00. The van der Waals surface area contributed by atoms with Crippen LogP contribution in [0.15, 0.2) is 54.6 Å². The monoisotopic (exact) mass is 352 g/mol. The van der Waals surface area contributed by atoms with Gasteiger partial charge in [0.25, 0.3) is 5.91 Å². The molecule has 3 aromatic rings. The van der Waals surface area contributed by atoms with Crippen molar-refractivity contribution in [1.82, 2.24) is 4.90 Å². The highest BCUT2D eigenvalue weighted by Gasteiger charge is 2.22. The number of hydrogen-bond acceptors (Lipinski definition) is 3. The number of aryl methyl sites for hydroxylation is 1. The van der Waals surface area contributed by atoms with Crippen LogP contribution in [0.5, 0.6) is 0 Å². The Labute approximate surface area is 150 Å². The van der Waals surface area contributed by atoms with Crippen LogP contribution in [0.25, 0.3) is 10.1 Å². The van der Waals surface area contributed by atoms with Crippen LogP contribution in [0.1, 0.15) is 27.2 Å². The Bertz CT molecular complexity index is 902. The number of rotatable bonds is 6. The first-order valence-corrected chi connectivity index (χ1v) is 8.97. The van der Waals surface area contributed by atoms with E-state index in [1.165, 1.54) is 11.3 Å². The molecule has 0 saturated heterocycles. The van der Waals surface area contributed by atoms with Crippen molar-refractivity contribution in [1.29, 1.82) is 0 Å². The Hall–Kier alpha value is -2.66. The lowest BCUT2D eigenvalue weighted by Crippen LogP contribution is -2.33. The van der Waals surface area contributed by atoms with Crippen molar-refractivity contribution < 1.29 is 9.59 Å². The zero-order valence-electron chi connectivity index (χ0n) is 14.1. The van der Waals surface area contributed by atoms with Crippen molar-refractivity contribution in [3.05, 3.63) is 70.6 Å². The molecule has 1 heterocycles. The highest BCUT2D eigenvalue weighted by atomic mass is 32.1. The zero-order valence-corrected chi connectivity index (χ0v) is 14.9. The fraction of sp³-hybridized carbons (Fsp3) is 0.200. The Morgan fingerprint density at radius 3 is 2.40 bits per heavy atom. The maximum Gasteiger partial charge on any atom is 0.264 e. The lowest BCUT2D eigenvalue weighted by atomic mass is 10.1. The van der Waals surface area contributed by atoms with Crippen molar-refractivity contribution in [3.63, 3.8) is 0 Å². The van der Waals surface area contributed by atoms with E-state index >= 15 is 0 Å². The van der Waals surface area contributed by atoms with Gasteiger partial charge >= 0.3 is 0 Å². The van der Waals surface area contributed by atoms with Crippen LogP contribution in [0.2, 0.25) is 0 Å². The average molecular weight is 352 g/mol. The number of nitrogens with zero attached hydrogens (tertiary/aromatic N) is 1. The third-order valence-electron chi connectivity index (χ3n) is 4.17. The summed E-state index contributed by atoms with van der Waals surface area (Å²) < 4.78 is 1.10. The molecule has 0 aliphatic carbocycles. The zero-order chi connectivity index (χ0) is 17.8. The molecule has 2 N–H and O–H groups in total. The molecule has 4 nitrogen and oxygen atoms in total. The number of hydrogen-bond donors (Lipinski definition) is 1. The Morgan fingerprint density at radius 2 is 1.72 bits per heavy atom. The summed E-state index contributed by atoms with van der Waals surface area (Å²) in [6.07, 6.45) is 0.155. The Morgan fingerprint density at radius 1 is 1.04 bits per heavy atom. The van der Waals surface area contributed by atoms with Crippen LogP contribution in [-0.4, -0.2) is 23.3 Å². The molecule has 0 atom stereocenters. The second-order valence-electron chi connectivity index (χ2n) is 5.98. The van der Waals surface area contributed by atoms with E-state index in [2.05, 4.69) is 0 Å². The normalized spacial score (nSPS) is 10.8. The van der Waals surface area contributed by atoms with Crippen LogP contribution in [0, 0.1) is 6.92 Å². The van der Waals surface area contributed by atoms with Gasteiger partial charge in [0.05, 0.1) is 4.88 Å². The molecule has 5 heteroatoms. The molecule has 1 aromatic heterocycles. The first-order chi connectivity index (χ1) is 12.1. The predicted molar refractivity (Wildman–Crippen MR) is 102 cm³/mol. The molecule has 0 radical (unpaired) electrons. The van der Waals surface area contributed by atoms with Crippen molar-refractivity contribution in [3.8, 4) is 0 Å². The molecule has 25 heavy (non-hydrogen) atoms. The molecule has 2 aromatic carbocycles. The minimum absolute atomic E-state index is 0.0520. The summed E-state index contributed by atoms with van der Waals surface area (Å²) in [7, 11) is 0. The first-order valence-electron chi connectivity index (χ1n) is 8.16. The third kappa shape index (κ3) is 3.88. The molecule has 0 saturated carbocycles. The maximum atomic E-state index is 13.1. The van der Waals surface area contributed by atoms with Gasteiger partial charge in [0, 0.05) is 24.2 Å². The van der Waals surface area contributed by atoms with E-state index in [9.17, 15) is 9.59 Å². The van der Waals surface area contributed by atoms with Crippen LogP contribution in [0.4, 0.5) is 0 Å². The van der Waals surface area contributed by atoms with Crippen molar-refractivity contribution in [2.24, 2.45) is 5.73 Å². The van der Waals surface area contributed by atoms with Gasteiger partial charge in [-0.15, -0.1) is 11.3 Å². The molecule has 2 amide bonds. The number of carbonyl (C=O) groups is 2. The number of nitrogens with two attached hydrogens (primary N) is 1. The van der Waals surface area contributed by atoms with Gasteiger partial charge < -0.3 is 10.6 Å². The van der Waals surface area contributed by atoms with Crippen LogP contribution in [-0.2, 0) is 11.3 Å². The summed E-state index contributed by atoms with van der Waals surface area (Å²) in [4.78, 5) is 26.8. The lowest BCUT2D eigenvalue weighted by Gasteiger charge is -2.22. The van der Waals surface area contributed by atoms with Gasteiger partial charge in [-0.1, -0.05) is 48.5 Å². The summed E-state index contributed by atoms with van der Waals surface area (Å²) in [6, 6.07) is 17.8. The van der Waals surface area contributed by atoms with Gasteiger partial charge in [0.1, 0.15) is 0 Å². The van der Waals surface area contributed by atoms with Gasteiger partial charge in [-0.05, 0) is 29.5 Å². The lowest BCUT2D eigenvalue weighted by molar-refractivity contribution is -0.118. The van der Waals surface area contributed by atoms with Gasteiger partial charge in [-0.25, -0.2) is 0 Å². The molecule has 128 valence electrons. The second-order valence-corrected chi connectivity index (χ2v) is 7.03. The molecule has 0 aliphatic rings. The molecular weight excluding hydrogens is 332 g/mol. The van der Waals surface area contributed by atoms with Gasteiger partial charge in [-0.2, -0.15) is 0 Å². The highest BCUT2D eigenvalue weighted by molar-refractivity contribution is 7.21. The number of fused-ring (bicyclic) bond motifs is 1. The highest BCUT2D eigenvalue weighted by Crippen LogP contribution is 2.31. The summed E-state index contributed by atoms with van der Waals surface area (Å²) in [6.45, 7) is 2.75. The van der Waals surface area contributed by atoms with Crippen molar-refractivity contribution >= 4 is 33.2 Å². The van der Waals surface area contributed by atoms with Crippen LogP contribution >= 0.6 is 11.3 Å². The third-order valence-corrected chi connectivity index (χ3v) is 5.43. The number of benzene rings is 2. The quantitative estimate of drug-likeness (QED) is 0.735. The van der Waals surface area contributed by atoms with E-state index in [0.29, 0.717) is 13.1 Å². The molecule has 3 rings (SSSR count). The molecule has 0 spiro atoms. The molecule has 0 bridgehead atoms. The van der Waals surface area contributed by atoms with Gasteiger partial charge in [-0.3, -0.25) is 9.59 Å². The summed E-state index contributed by atoms with van der Waals surface area (Å²) in [5.41, 5.74) is 7.31. The minimum atomic E-state index is -0.404. The summed E-state index contributed by atoms with van der Waals surface area (Å²) >= 11 is 1.50. The Kier molecular flexibility index (Phi) is 5.14. The standard InChI is InChI=1S/C20H20N2O2S/c1-14-16-9-5-6-10-17(16)25-19(14)20(24)22(12-11-18(21)23)13-15-7-3-2-4-8-15/h2-10H,11-13H2,1H3,(H2,21,23). The van der Waals surface area contributed by atoms with E-state index < -0.39 is 5.91 Å². The molecular formula is C20H20N2O2S. The smallest absolute Gasteiger partial charge is 0.264 e. The van der Waals surface area contributed by atoms with Gasteiger partial charge in [0.2, 0.25) is 5.91 Å². The SMILES string of the molecule is Cc1c(C(=O)N(CCC(N)=O)Cc2ccccc2)sc2ccccc12. The van der Waals surface area contributed by atoms with Crippen LogP contribution in [0.3, 0.4) is 0 Å². The van der Waals surface area contributed by atoms with E-state index in [1.807, 2.05) is 61.5 Å². The molecule has 0 fully saturated rings. The molecule has 0 unspecified atom stereocenters. The first kappa shape index (κ1) is 17.2. The van der Waals surface area contributed by atoms with E-state index in [1.54, 1.807) is 4.90 Å². The molecule has 0 aliphatic heterocycles. The minimum Gasteiger partial charge on any atom is -0.370 e. The van der Waals surface area contributed by atoms with E-state index in [0.717, 1.165) is 26.1 Å². The van der Waals surface area contributed by atoms with Crippen molar-refractivity contribution in [2.75, 3.05) is 6.54 Å².